The lowest BCUT2D eigenvalue weighted by Crippen LogP contribution is -2.47. The number of fused-ring (bicyclic) bond motifs is 1. The number of halogens is 2. The number of benzene rings is 3. The Balaban J connectivity index is 1.08. The van der Waals surface area contributed by atoms with Crippen molar-refractivity contribution in [2.45, 2.75) is 76.3 Å². The van der Waals surface area contributed by atoms with Gasteiger partial charge in [0.1, 0.15) is 29.4 Å². The van der Waals surface area contributed by atoms with Gasteiger partial charge in [0.2, 0.25) is 0 Å². The molecule has 1 amide bonds. The summed E-state index contributed by atoms with van der Waals surface area (Å²) in [6, 6.07) is 19.2. The molecule has 8 rings (SSSR count). The molecule has 1 aliphatic carbocycles. The Labute approximate surface area is 405 Å². The number of nitrogens with one attached hydrogen (secondary N) is 1. The fourth-order valence-electron chi connectivity index (χ4n) is 8.89. The van der Waals surface area contributed by atoms with Gasteiger partial charge in [-0.25, -0.2) is 17.8 Å². The molecule has 4 heterocycles. The highest BCUT2D eigenvalue weighted by Gasteiger charge is 2.38. The quantitative estimate of drug-likeness (QED) is 0.0402. The van der Waals surface area contributed by atoms with Crippen LogP contribution in [0.4, 0.5) is 15.8 Å². The highest BCUT2D eigenvalue weighted by atomic mass is 35.5. The van der Waals surface area contributed by atoms with E-state index < -0.39 is 56.4 Å². The smallest absolute Gasteiger partial charge is 0.312 e. The van der Waals surface area contributed by atoms with Crippen molar-refractivity contribution in [3.8, 4) is 17.2 Å². The molecule has 19 heteroatoms. The van der Waals surface area contributed by atoms with Gasteiger partial charge in [-0.15, -0.1) is 0 Å². The summed E-state index contributed by atoms with van der Waals surface area (Å²) in [7, 11) is -5.01. The number of carbonyl (C=O) groups is 2. The van der Waals surface area contributed by atoms with Crippen LogP contribution in [0.15, 0.2) is 95.7 Å². The third-order valence-electron chi connectivity index (χ3n) is 12.9. The molecular weight excluding hydrogens is 931 g/mol. The average Bonchev–Trinajstić information content (AvgIpc) is 3.80. The Bertz CT molecular complexity index is 2840. The number of nitro benzene ring substituents is 1. The van der Waals surface area contributed by atoms with Crippen LogP contribution in [0.2, 0.25) is 5.02 Å². The number of rotatable bonds is 17. The first-order chi connectivity index (χ1) is 33.0. The van der Waals surface area contributed by atoms with Gasteiger partial charge in [0.15, 0.2) is 12.5 Å². The van der Waals surface area contributed by atoms with Crippen LogP contribution in [-0.4, -0.2) is 109 Å². The van der Waals surface area contributed by atoms with Crippen molar-refractivity contribution in [1.82, 2.24) is 19.2 Å². The zero-order chi connectivity index (χ0) is 48.9. The van der Waals surface area contributed by atoms with E-state index in [1.165, 1.54) is 29.0 Å². The Morgan fingerprint density at radius 3 is 2.46 bits per heavy atom. The lowest BCUT2D eigenvalue weighted by molar-refractivity contribution is -0.386. The summed E-state index contributed by atoms with van der Waals surface area (Å²) >= 11 is 6.26. The van der Waals surface area contributed by atoms with Gasteiger partial charge >= 0.3 is 11.7 Å². The first-order valence-corrected chi connectivity index (χ1v) is 24.9. The van der Waals surface area contributed by atoms with Crippen LogP contribution in [0.1, 0.15) is 81.6 Å². The fraction of sp³-hybridized carbons (Fsp3) is 0.420. The van der Waals surface area contributed by atoms with Gasteiger partial charge in [-0.05, 0) is 90.8 Å². The molecule has 3 aromatic carbocycles. The van der Waals surface area contributed by atoms with Crippen LogP contribution in [-0.2, 0) is 24.3 Å². The highest BCUT2D eigenvalue weighted by Crippen LogP contribution is 2.44. The molecule has 0 bridgehead atoms. The Morgan fingerprint density at radius 2 is 1.74 bits per heavy atom. The van der Waals surface area contributed by atoms with E-state index in [2.05, 4.69) is 45.7 Å². The molecule has 0 saturated carbocycles. The van der Waals surface area contributed by atoms with Crippen molar-refractivity contribution in [2.24, 2.45) is 5.41 Å². The lowest BCUT2D eigenvalue weighted by Gasteiger charge is -2.39. The monoisotopic (exact) mass is 986 g/mol. The minimum Gasteiger partial charge on any atom is -0.483 e. The Kier molecular flexibility index (Phi) is 14.9. The van der Waals surface area contributed by atoms with E-state index in [-0.39, 0.29) is 60.7 Å². The summed E-state index contributed by atoms with van der Waals surface area (Å²) < 4.78 is 67.4. The summed E-state index contributed by atoms with van der Waals surface area (Å²) in [5.74, 6) is -2.03. The predicted molar refractivity (Wildman–Crippen MR) is 259 cm³/mol. The van der Waals surface area contributed by atoms with Crippen LogP contribution in [0.25, 0.3) is 16.6 Å². The molecule has 16 nitrogen and oxygen atoms in total. The van der Waals surface area contributed by atoms with E-state index in [0.29, 0.717) is 40.2 Å². The number of amides is 1. The summed E-state index contributed by atoms with van der Waals surface area (Å²) in [4.78, 5) is 50.4. The number of nitro groups is 1. The molecule has 0 unspecified atom stereocenters. The third kappa shape index (κ3) is 11.7. The van der Waals surface area contributed by atoms with Gasteiger partial charge in [-0.1, -0.05) is 50.1 Å². The number of ether oxygens (including phenoxy) is 4. The molecule has 0 radical (unpaired) electrons. The number of anilines is 1. The van der Waals surface area contributed by atoms with Gasteiger partial charge in [-0.2, -0.15) is 4.31 Å². The molecule has 69 heavy (non-hydrogen) atoms. The van der Waals surface area contributed by atoms with E-state index >= 15 is 4.39 Å². The first-order valence-electron chi connectivity index (χ1n) is 23.1. The van der Waals surface area contributed by atoms with Gasteiger partial charge in [0.05, 0.1) is 21.6 Å². The van der Waals surface area contributed by atoms with Crippen LogP contribution >= 0.6 is 11.6 Å². The molecule has 2 aromatic heterocycles. The zero-order valence-corrected chi connectivity index (χ0v) is 40.5. The number of hydrogen-bond acceptors (Lipinski definition) is 13. The molecule has 2 aliphatic heterocycles. The van der Waals surface area contributed by atoms with Crippen LogP contribution in [0.3, 0.4) is 0 Å². The number of alkyl halides is 1. The number of pyridine rings is 1. The molecule has 5 aromatic rings. The maximum atomic E-state index is 15.4. The van der Waals surface area contributed by atoms with E-state index in [9.17, 15) is 28.1 Å². The molecule has 1 N–H and O–H groups in total. The number of allylic oxidation sites excluding steroid dienone is 1. The zero-order valence-electron chi connectivity index (χ0n) is 38.9. The van der Waals surface area contributed by atoms with Gasteiger partial charge in [0.25, 0.3) is 15.9 Å². The van der Waals surface area contributed by atoms with Gasteiger partial charge < -0.3 is 28.8 Å². The van der Waals surface area contributed by atoms with Crippen molar-refractivity contribution < 1.29 is 46.3 Å². The number of sulfonamides is 1. The maximum absolute atomic E-state index is 15.4. The number of hydrogen-bond donors (Lipinski definition) is 1. The fourth-order valence-corrected chi connectivity index (χ4v) is 10.3. The Hall–Kier alpha value is -6.08. The molecule has 3 aliphatic rings. The molecule has 0 atom stereocenters. The van der Waals surface area contributed by atoms with Crippen molar-refractivity contribution in [3.05, 3.63) is 117 Å². The van der Waals surface area contributed by atoms with Crippen LogP contribution < -0.4 is 14.4 Å². The van der Waals surface area contributed by atoms with Gasteiger partial charge in [-0.3, -0.25) is 24.6 Å². The minimum atomic E-state index is -5.01. The SMILES string of the molecule is CCCC(=O)OCN(C(=O)c1ccc(N2CCN(CC3=C(c4ccc(Cl)cc4)CC(C)(C)CC3)CC2)cc1Oc1cnc2[nH]ccc2c1)S(=O)(=O)c1ccc(OCC2(F)CCOCC2)c([N+](=O)[O-])c1. The van der Waals surface area contributed by atoms with Crippen molar-refractivity contribution in [1.29, 1.82) is 0 Å². The average molecular weight is 988 g/mol. The first kappa shape index (κ1) is 49.3. The number of H-pyrrole nitrogens is 1. The van der Waals surface area contributed by atoms with Gasteiger partial charge in [0, 0.05) is 99.6 Å². The molecule has 2 saturated heterocycles. The molecular formula is C50H56ClFN6O10S. The maximum Gasteiger partial charge on any atom is 0.312 e. The largest absolute Gasteiger partial charge is 0.483 e. The predicted octanol–water partition coefficient (Wildman–Crippen LogP) is 9.73. The summed E-state index contributed by atoms with van der Waals surface area (Å²) in [6.07, 6.45) is 6.62. The number of piperazine rings is 1. The number of carbonyl (C=O) groups excluding carboxylic acids is 2. The van der Waals surface area contributed by atoms with Crippen LogP contribution in [0.5, 0.6) is 17.2 Å². The van der Waals surface area contributed by atoms with Crippen molar-refractivity contribution in [2.75, 3.05) is 64.2 Å². The van der Waals surface area contributed by atoms with E-state index in [0.717, 1.165) is 62.5 Å². The Morgan fingerprint density at radius 1 is 0.986 bits per heavy atom. The topological polar surface area (TPSA) is 187 Å². The number of esters is 1. The second-order valence-corrected chi connectivity index (χ2v) is 20.9. The molecule has 2 fully saturated rings. The van der Waals surface area contributed by atoms with Crippen LogP contribution in [0, 0.1) is 15.5 Å². The summed E-state index contributed by atoms with van der Waals surface area (Å²) in [6.45, 7) is 8.71. The number of aromatic nitrogens is 2. The molecule has 0 spiro atoms. The second kappa shape index (κ2) is 20.9. The number of aromatic amines is 1. The number of nitrogens with zero attached hydrogens (tertiary/aromatic N) is 5. The third-order valence-corrected chi connectivity index (χ3v) is 14.9. The highest BCUT2D eigenvalue weighted by molar-refractivity contribution is 7.89. The normalized spacial score (nSPS) is 17.4. The minimum absolute atomic E-state index is 0.0118. The van der Waals surface area contributed by atoms with Crippen molar-refractivity contribution in [3.63, 3.8) is 0 Å². The van der Waals surface area contributed by atoms with E-state index in [4.69, 9.17) is 30.5 Å². The second-order valence-electron chi connectivity index (χ2n) is 18.6. The van der Waals surface area contributed by atoms with E-state index in [1.807, 2.05) is 12.1 Å². The van der Waals surface area contributed by atoms with E-state index in [1.54, 1.807) is 37.4 Å². The van der Waals surface area contributed by atoms with Crippen molar-refractivity contribution >= 4 is 61.5 Å². The summed E-state index contributed by atoms with van der Waals surface area (Å²) in [5.41, 5.74) is 2.71. The lowest BCUT2D eigenvalue weighted by atomic mass is 9.72. The molecule has 366 valence electrons. The summed E-state index contributed by atoms with van der Waals surface area (Å²) in [5, 5.41) is 13.7. The standard InChI is InChI=1S/C50H56ClFN6O10S/c1-4-5-46(59)67-33-57(69(63,64)40-11-13-44(43(28-40)58(61)62)66-32-50(52)17-24-65-25-18-50)48(60)41-12-10-38(27-45(41)68-39-26-35-15-19-53-47(35)54-30-39)56-22-20-55(21-23-56)31-36-14-16-49(2,3)29-42(36)34-6-8-37(51)9-7-34/h6-13,15,19,26-28,30H,4-5,14,16-18,20-25,29,31-33H2,1-3H3,(H,53,54).